The van der Waals surface area contributed by atoms with Gasteiger partial charge in [0.25, 0.3) is 11.2 Å². The molecule has 0 saturated heterocycles. The van der Waals surface area contributed by atoms with E-state index in [0.717, 1.165) is 22.0 Å². The van der Waals surface area contributed by atoms with Gasteiger partial charge in [-0.2, -0.15) is 0 Å². The molecule has 0 aliphatic carbocycles. The van der Waals surface area contributed by atoms with Crippen molar-refractivity contribution in [3.8, 4) is 5.75 Å². The summed E-state index contributed by atoms with van der Waals surface area (Å²) in [6.07, 6.45) is 0.321. The summed E-state index contributed by atoms with van der Waals surface area (Å²) < 4.78 is 6.03. The van der Waals surface area contributed by atoms with Gasteiger partial charge >= 0.3 is 5.97 Å². The molecule has 2 N–H and O–H groups in total. The molecule has 156 valence electrons. The molecule has 3 aromatic rings. The van der Waals surface area contributed by atoms with Crippen LogP contribution in [0.5, 0.6) is 5.75 Å². The predicted molar refractivity (Wildman–Crippen MR) is 108 cm³/mol. The third-order valence-corrected chi connectivity index (χ3v) is 5.17. The van der Waals surface area contributed by atoms with Gasteiger partial charge in [0.2, 0.25) is 5.91 Å². The van der Waals surface area contributed by atoms with Gasteiger partial charge in [-0.3, -0.25) is 24.3 Å². The monoisotopic (exact) mass is 432 g/mol. The Bertz CT molecular complexity index is 1230. The van der Waals surface area contributed by atoms with Gasteiger partial charge < -0.3 is 15.2 Å². The van der Waals surface area contributed by atoms with Gasteiger partial charge in [-0.25, -0.2) is 9.78 Å². The Morgan fingerprint density at radius 1 is 1.40 bits per heavy atom. The van der Waals surface area contributed by atoms with E-state index in [1.165, 1.54) is 24.6 Å². The maximum absolute atomic E-state index is 12.9. The minimum Gasteiger partial charge on any atom is -0.496 e. The maximum Gasteiger partial charge on any atom is 0.337 e. The second-order valence-electron chi connectivity index (χ2n) is 6.10. The van der Waals surface area contributed by atoms with Crippen LogP contribution in [0.15, 0.2) is 28.4 Å². The summed E-state index contributed by atoms with van der Waals surface area (Å²) in [7, 11) is 1.36. The van der Waals surface area contributed by atoms with E-state index in [4.69, 9.17) is 4.74 Å². The van der Waals surface area contributed by atoms with Gasteiger partial charge in [0.15, 0.2) is 0 Å². The molecule has 0 aliphatic rings. The van der Waals surface area contributed by atoms with Crippen LogP contribution in [0.4, 0.5) is 11.4 Å². The number of carboxylic acid groups (broad SMARTS) is 1. The number of thiophene rings is 1. The number of carboxylic acids is 1. The fourth-order valence-electron chi connectivity index (χ4n) is 2.89. The van der Waals surface area contributed by atoms with Crippen LogP contribution in [0.25, 0.3) is 10.2 Å². The Morgan fingerprint density at radius 2 is 2.13 bits per heavy atom. The van der Waals surface area contributed by atoms with Crippen LogP contribution in [0.2, 0.25) is 0 Å². The van der Waals surface area contributed by atoms with E-state index in [-0.39, 0.29) is 32.9 Å². The predicted octanol–water partition coefficient (Wildman–Crippen LogP) is 2.27. The van der Waals surface area contributed by atoms with Gasteiger partial charge in [0.05, 0.1) is 29.0 Å². The Morgan fingerprint density at radius 3 is 2.73 bits per heavy atom. The van der Waals surface area contributed by atoms with Crippen molar-refractivity contribution in [2.24, 2.45) is 0 Å². The highest BCUT2D eigenvalue weighted by atomic mass is 32.1. The molecule has 0 spiro atoms. The van der Waals surface area contributed by atoms with Crippen molar-refractivity contribution in [1.82, 2.24) is 9.55 Å². The molecule has 0 bridgehead atoms. The van der Waals surface area contributed by atoms with Gasteiger partial charge in [0, 0.05) is 11.8 Å². The van der Waals surface area contributed by atoms with Crippen molar-refractivity contribution in [3.63, 3.8) is 0 Å². The summed E-state index contributed by atoms with van der Waals surface area (Å²) in [5.74, 6) is -1.43. The third kappa shape index (κ3) is 3.85. The smallest absolute Gasteiger partial charge is 0.337 e. The number of rotatable bonds is 7. The quantitative estimate of drug-likeness (QED) is 0.426. The van der Waals surface area contributed by atoms with E-state index in [0.29, 0.717) is 12.2 Å². The zero-order valence-electron chi connectivity index (χ0n) is 15.9. The number of anilines is 1. The first-order chi connectivity index (χ1) is 14.3. The lowest BCUT2D eigenvalue weighted by Crippen LogP contribution is -2.31. The van der Waals surface area contributed by atoms with Crippen LogP contribution < -0.4 is 15.6 Å². The number of aryl methyl sites for hydroxylation is 1. The third-order valence-electron chi connectivity index (χ3n) is 4.30. The number of hydrogen-bond donors (Lipinski definition) is 2. The van der Waals surface area contributed by atoms with Gasteiger partial charge in [-0.05, 0) is 12.1 Å². The number of nitro groups is 1. The number of nitrogens with one attached hydrogen (secondary N) is 1. The fourth-order valence-corrected chi connectivity index (χ4v) is 3.81. The number of methoxy groups -OCH3 is 1. The van der Waals surface area contributed by atoms with E-state index in [1.54, 1.807) is 6.92 Å². The van der Waals surface area contributed by atoms with E-state index < -0.39 is 28.9 Å². The highest BCUT2D eigenvalue weighted by Gasteiger charge is 2.22. The molecule has 0 fully saturated rings. The molecular weight excluding hydrogens is 416 g/mol. The minimum atomic E-state index is -1.27. The summed E-state index contributed by atoms with van der Waals surface area (Å²) in [6.45, 7) is 1.26. The van der Waals surface area contributed by atoms with E-state index in [9.17, 15) is 29.6 Å². The number of fused-ring (bicyclic) bond motifs is 1. The molecule has 1 amide bonds. The molecule has 2 heterocycles. The number of benzene rings is 1. The van der Waals surface area contributed by atoms with Crippen LogP contribution in [0, 0.1) is 10.1 Å². The Hall–Kier alpha value is -3.80. The average molecular weight is 432 g/mol. The minimum absolute atomic E-state index is 0.0623. The number of ether oxygens (including phenoxy) is 1. The molecule has 0 unspecified atom stereocenters. The van der Waals surface area contributed by atoms with Crippen molar-refractivity contribution in [2.75, 3.05) is 12.4 Å². The second-order valence-corrected chi connectivity index (χ2v) is 6.95. The first-order valence-corrected chi connectivity index (χ1v) is 9.51. The van der Waals surface area contributed by atoms with Gasteiger partial charge in [0.1, 0.15) is 28.6 Å². The van der Waals surface area contributed by atoms with Crippen LogP contribution in [0.1, 0.15) is 23.1 Å². The Balaban J connectivity index is 1.98. The summed E-state index contributed by atoms with van der Waals surface area (Å²) in [5.41, 5.74) is -1.27. The first-order valence-electron chi connectivity index (χ1n) is 8.63. The fraction of sp³-hybridized carbons (Fsp3) is 0.222. The van der Waals surface area contributed by atoms with E-state index in [2.05, 4.69) is 10.3 Å². The molecule has 30 heavy (non-hydrogen) atoms. The summed E-state index contributed by atoms with van der Waals surface area (Å²) in [5, 5.41) is 24.2. The summed E-state index contributed by atoms with van der Waals surface area (Å²) in [4.78, 5) is 52.0. The first kappa shape index (κ1) is 20.9. The lowest BCUT2D eigenvalue weighted by Gasteiger charge is -2.12. The topological polar surface area (TPSA) is 154 Å². The molecule has 0 atom stereocenters. The SMILES string of the molecule is CCc1nc2scc(C(=O)O)c2c(=O)n1CC(=O)Nc1ccc(OC)cc1[N+](=O)[O-]. The van der Waals surface area contributed by atoms with Crippen LogP contribution in [-0.4, -0.2) is 38.6 Å². The zero-order chi connectivity index (χ0) is 22.0. The molecule has 0 aliphatic heterocycles. The number of carbonyl (C=O) groups excluding carboxylic acids is 1. The number of nitrogens with zero attached hydrogens (tertiary/aromatic N) is 3. The lowest BCUT2D eigenvalue weighted by molar-refractivity contribution is -0.384. The Labute approximate surface area is 172 Å². The molecule has 0 radical (unpaired) electrons. The standard InChI is InChI=1S/C18H16N4O7S/c1-3-13-20-16-15(10(8-30-16)18(25)26)17(24)21(13)7-14(23)19-11-5-4-9(29-2)6-12(11)22(27)28/h4-6,8H,3,7H2,1-2H3,(H,19,23)(H,25,26). The largest absolute Gasteiger partial charge is 0.496 e. The van der Waals surface area contributed by atoms with E-state index in [1.807, 2.05) is 0 Å². The average Bonchev–Trinajstić information content (AvgIpc) is 3.14. The molecule has 2 aromatic heterocycles. The highest BCUT2D eigenvalue weighted by molar-refractivity contribution is 7.17. The highest BCUT2D eigenvalue weighted by Crippen LogP contribution is 2.29. The number of aromatic carboxylic acids is 1. The zero-order valence-corrected chi connectivity index (χ0v) is 16.7. The number of aromatic nitrogens is 2. The Kier molecular flexibility index (Phi) is 5.78. The molecule has 11 nitrogen and oxygen atoms in total. The summed E-state index contributed by atoms with van der Waals surface area (Å²) >= 11 is 1.03. The molecular formula is C18H16N4O7S. The summed E-state index contributed by atoms with van der Waals surface area (Å²) in [6, 6.07) is 3.93. The van der Waals surface area contributed by atoms with Gasteiger partial charge in [-0.1, -0.05) is 6.92 Å². The normalized spacial score (nSPS) is 10.7. The van der Waals surface area contributed by atoms with Gasteiger partial charge in [-0.15, -0.1) is 11.3 Å². The van der Waals surface area contributed by atoms with Crippen LogP contribution >= 0.6 is 11.3 Å². The van der Waals surface area contributed by atoms with Crippen LogP contribution in [0.3, 0.4) is 0 Å². The molecule has 1 aromatic carbocycles. The number of nitro benzene ring substituents is 1. The van der Waals surface area contributed by atoms with Crippen LogP contribution in [-0.2, 0) is 17.8 Å². The van der Waals surface area contributed by atoms with Crippen molar-refractivity contribution in [3.05, 3.63) is 55.4 Å². The lowest BCUT2D eigenvalue weighted by atomic mass is 10.2. The van der Waals surface area contributed by atoms with Crippen molar-refractivity contribution in [2.45, 2.75) is 19.9 Å². The molecule has 12 heteroatoms. The van der Waals surface area contributed by atoms with E-state index >= 15 is 0 Å². The number of hydrogen-bond acceptors (Lipinski definition) is 8. The van der Waals surface area contributed by atoms with Crippen molar-refractivity contribution >= 4 is 44.8 Å². The second kappa shape index (κ2) is 8.29. The van der Waals surface area contributed by atoms with Crippen molar-refractivity contribution < 1.29 is 24.4 Å². The molecule has 3 rings (SSSR count). The number of carbonyl (C=O) groups is 2. The number of amides is 1. The van der Waals surface area contributed by atoms with Crippen molar-refractivity contribution in [1.29, 1.82) is 0 Å². The molecule has 0 saturated carbocycles. The maximum atomic E-state index is 12.9.